The van der Waals surface area contributed by atoms with Crippen LogP contribution < -0.4 is 11.1 Å². The van der Waals surface area contributed by atoms with E-state index < -0.39 is 5.91 Å². The molecule has 1 saturated heterocycles. The van der Waals surface area contributed by atoms with Crippen LogP contribution in [0.1, 0.15) is 47.2 Å². The molecule has 0 bridgehead atoms. The van der Waals surface area contributed by atoms with Crippen LogP contribution in [-0.2, 0) is 4.74 Å². The molecule has 7 heteroatoms. The Morgan fingerprint density at radius 1 is 1.40 bits per heavy atom. The molecule has 0 aliphatic carbocycles. The third-order valence-corrected chi connectivity index (χ3v) is 4.37. The zero-order valence-electron chi connectivity index (χ0n) is 14.1. The Bertz CT molecular complexity index is 751. The highest BCUT2D eigenvalue weighted by atomic mass is 16.5. The zero-order chi connectivity index (χ0) is 17.8. The van der Waals surface area contributed by atoms with Crippen molar-refractivity contribution in [1.82, 2.24) is 15.1 Å². The molecule has 2 atom stereocenters. The van der Waals surface area contributed by atoms with E-state index in [-0.39, 0.29) is 29.4 Å². The summed E-state index contributed by atoms with van der Waals surface area (Å²) in [6.45, 7) is 2.73. The number of carbonyl (C=O) groups is 2. The van der Waals surface area contributed by atoms with Crippen molar-refractivity contribution >= 4 is 11.8 Å². The van der Waals surface area contributed by atoms with Gasteiger partial charge in [0.1, 0.15) is 5.69 Å². The SMILES string of the molecule is CCC(NC(=O)c1cc(C(N)=O)n(-c2ccccc2)n1)C1CCCO1. The first-order chi connectivity index (χ1) is 12.1. The molecule has 0 spiro atoms. The van der Waals surface area contributed by atoms with Gasteiger partial charge in [-0.2, -0.15) is 5.10 Å². The molecule has 3 rings (SSSR count). The average Bonchev–Trinajstić information content (AvgIpc) is 3.30. The summed E-state index contributed by atoms with van der Waals surface area (Å²) in [5.41, 5.74) is 6.44. The average molecular weight is 342 g/mol. The number of rotatable bonds is 6. The Morgan fingerprint density at radius 3 is 2.76 bits per heavy atom. The molecule has 2 amide bonds. The third-order valence-electron chi connectivity index (χ3n) is 4.37. The Labute approximate surface area is 146 Å². The second-order valence-corrected chi connectivity index (χ2v) is 6.07. The number of nitrogens with two attached hydrogens (primary N) is 1. The number of nitrogens with one attached hydrogen (secondary N) is 1. The summed E-state index contributed by atoms with van der Waals surface area (Å²) in [5, 5.41) is 7.24. The van der Waals surface area contributed by atoms with Crippen molar-refractivity contribution in [2.24, 2.45) is 5.73 Å². The first kappa shape index (κ1) is 17.2. The van der Waals surface area contributed by atoms with E-state index in [0.717, 1.165) is 25.9 Å². The second-order valence-electron chi connectivity index (χ2n) is 6.07. The Hall–Kier alpha value is -2.67. The predicted molar refractivity (Wildman–Crippen MR) is 92.6 cm³/mol. The molecule has 7 nitrogen and oxygen atoms in total. The number of benzene rings is 1. The molecular formula is C18H22N4O3. The van der Waals surface area contributed by atoms with E-state index in [0.29, 0.717) is 5.69 Å². The molecule has 1 aromatic heterocycles. The van der Waals surface area contributed by atoms with Crippen LogP contribution in [0.5, 0.6) is 0 Å². The fourth-order valence-electron chi connectivity index (χ4n) is 3.05. The molecule has 1 aliphatic rings. The zero-order valence-corrected chi connectivity index (χ0v) is 14.1. The highest BCUT2D eigenvalue weighted by Crippen LogP contribution is 2.18. The number of hydrogen-bond donors (Lipinski definition) is 2. The van der Waals surface area contributed by atoms with Crippen molar-refractivity contribution < 1.29 is 14.3 Å². The maximum Gasteiger partial charge on any atom is 0.272 e. The standard InChI is InChI=1S/C18H22N4O3/c1-2-13(16-9-6-10-25-16)20-18(24)14-11-15(17(19)23)22(21-14)12-7-4-3-5-8-12/h3-5,7-8,11,13,16H,2,6,9-10H2,1H3,(H2,19,23)(H,20,24). The number of hydrogen-bond acceptors (Lipinski definition) is 4. The second kappa shape index (κ2) is 7.48. The summed E-state index contributed by atoms with van der Waals surface area (Å²) in [4.78, 5) is 24.3. The maximum atomic E-state index is 12.6. The van der Waals surface area contributed by atoms with Crippen LogP contribution in [-0.4, -0.2) is 40.3 Å². The van der Waals surface area contributed by atoms with Crippen molar-refractivity contribution in [1.29, 1.82) is 0 Å². The van der Waals surface area contributed by atoms with Gasteiger partial charge in [-0.15, -0.1) is 0 Å². The molecule has 2 aromatic rings. The van der Waals surface area contributed by atoms with Gasteiger partial charge in [-0.3, -0.25) is 9.59 Å². The van der Waals surface area contributed by atoms with Crippen LogP contribution in [0.4, 0.5) is 0 Å². The third kappa shape index (κ3) is 3.71. The van der Waals surface area contributed by atoms with Gasteiger partial charge in [0.05, 0.1) is 17.8 Å². The number of primary amides is 1. The van der Waals surface area contributed by atoms with Gasteiger partial charge < -0.3 is 15.8 Å². The number of nitrogens with zero attached hydrogens (tertiary/aromatic N) is 2. The molecule has 1 aliphatic heterocycles. The molecule has 0 radical (unpaired) electrons. The lowest BCUT2D eigenvalue weighted by Crippen LogP contribution is -2.42. The van der Waals surface area contributed by atoms with E-state index in [1.807, 2.05) is 25.1 Å². The molecule has 2 unspecified atom stereocenters. The Kier molecular flexibility index (Phi) is 5.14. The van der Waals surface area contributed by atoms with Gasteiger partial charge in [-0.1, -0.05) is 25.1 Å². The first-order valence-corrected chi connectivity index (χ1v) is 8.48. The minimum atomic E-state index is -0.637. The highest BCUT2D eigenvalue weighted by molar-refractivity contribution is 5.97. The topological polar surface area (TPSA) is 99.2 Å². The van der Waals surface area contributed by atoms with Crippen LogP contribution in [0.15, 0.2) is 36.4 Å². The molecular weight excluding hydrogens is 320 g/mol. The summed E-state index contributed by atoms with van der Waals surface area (Å²) >= 11 is 0. The van der Waals surface area contributed by atoms with Crippen LogP contribution >= 0.6 is 0 Å². The lowest BCUT2D eigenvalue weighted by atomic mass is 10.1. The van der Waals surface area contributed by atoms with E-state index in [1.54, 1.807) is 12.1 Å². The van der Waals surface area contributed by atoms with Crippen LogP contribution in [0.2, 0.25) is 0 Å². The minimum Gasteiger partial charge on any atom is -0.376 e. The van der Waals surface area contributed by atoms with Gasteiger partial charge in [0.25, 0.3) is 11.8 Å². The van der Waals surface area contributed by atoms with Gasteiger partial charge in [-0.05, 0) is 31.4 Å². The van der Waals surface area contributed by atoms with Crippen molar-refractivity contribution in [2.75, 3.05) is 6.61 Å². The summed E-state index contributed by atoms with van der Waals surface area (Å²) in [6.07, 6.45) is 2.73. The molecule has 25 heavy (non-hydrogen) atoms. The Balaban J connectivity index is 1.84. The molecule has 2 heterocycles. The monoisotopic (exact) mass is 342 g/mol. The Morgan fingerprint density at radius 2 is 2.16 bits per heavy atom. The lowest BCUT2D eigenvalue weighted by molar-refractivity contribution is 0.0663. The van der Waals surface area contributed by atoms with Gasteiger partial charge in [0.15, 0.2) is 5.69 Å². The van der Waals surface area contributed by atoms with Crippen molar-refractivity contribution in [3.05, 3.63) is 47.8 Å². The van der Waals surface area contributed by atoms with E-state index >= 15 is 0 Å². The van der Waals surface area contributed by atoms with Crippen LogP contribution in [0, 0.1) is 0 Å². The predicted octanol–water partition coefficient (Wildman–Crippen LogP) is 1.66. The van der Waals surface area contributed by atoms with E-state index in [4.69, 9.17) is 10.5 Å². The molecule has 0 saturated carbocycles. The summed E-state index contributed by atoms with van der Waals surface area (Å²) < 4.78 is 7.06. The molecule has 132 valence electrons. The summed E-state index contributed by atoms with van der Waals surface area (Å²) in [6, 6.07) is 10.4. The molecule has 1 fully saturated rings. The normalized spacial score (nSPS) is 18.0. The number of carbonyl (C=O) groups excluding carboxylic acids is 2. The first-order valence-electron chi connectivity index (χ1n) is 8.48. The molecule has 1 aromatic carbocycles. The largest absolute Gasteiger partial charge is 0.376 e. The quantitative estimate of drug-likeness (QED) is 0.834. The van der Waals surface area contributed by atoms with Gasteiger partial charge in [-0.25, -0.2) is 4.68 Å². The van der Waals surface area contributed by atoms with Gasteiger partial charge >= 0.3 is 0 Å². The maximum absolute atomic E-state index is 12.6. The number of ether oxygens (including phenoxy) is 1. The van der Waals surface area contributed by atoms with E-state index in [1.165, 1.54) is 10.7 Å². The van der Waals surface area contributed by atoms with Crippen LogP contribution in [0.3, 0.4) is 0 Å². The number of para-hydroxylation sites is 1. The van der Waals surface area contributed by atoms with Crippen molar-refractivity contribution in [2.45, 2.75) is 38.3 Å². The van der Waals surface area contributed by atoms with Crippen molar-refractivity contribution in [3.63, 3.8) is 0 Å². The van der Waals surface area contributed by atoms with Crippen molar-refractivity contribution in [3.8, 4) is 5.69 Å². The fourth-order valence-corrected chi connectivity index (χ4v) is 3.05. The molecule has 3 N–H and O–H groups in total. The number of aromatic nitrogens is 2. The van der Waals surface area contributed by atoms with E-state index in [2.05, 4.69) is 10.4 Å². The lowest BCUT2D eigenvalue weighted by Gasteiger charge is -2.22. The highest BCUT2D eigenvalue weighted by Gasteiger charge is 2.27. The van der Waals surface area contributed by atoms with E-state index in [9.17, 15) is 9.59 Å². The van der Waals surface area contributed by atoms with Gasteiger partial charge in [0, 0.05) is 12.7 Å². The number of amides is 2. The van der Waals surface area contributed by atoms with Crippen LogP contribution in [0.25, 0.3) is 5.69 Å². The summed E-state index contributed by atoms with van der Waals surface area (Å²) in [7, 11) is 0. The fraction of sp³-hybridized carbons (Fsp3) is 0.389. The summed E-state index contributed by atoms with van der Waals surface area (Å²) in [5.74, 6) is -0.971. The van der Waals surface area contributed by atoms with Gasteiger partial charge in [0.2, 0.25) is 0 Å². The smallest absolute Gasteiger partial charge is 0.272 e. The minimum absolute atomic E-state index is 0.0285.